The molecule has 7 heteroatoms. The lowest BCUT2D eigenvalue weighted by molar-refractivity contribution is -0.0964. The summed E-state index contributed by atoms with van der Waals surface area (Å²) in [5.74, 6) is 0.394. The van der Waals surface area contributed by atoms with E-state index in [9.17, 15) is 4.79 Å². The highest BCUT2D eigenvalue weighted by molar-refractivity contribution is 5.67. The Morgan fingerprint density at radius 1 is 1.08 bits per heavy atom. The Hall–Kier alpha value is -1.67. The molecule has 0 radical (unpaired) electrons. The maximum absolute atomic E-state index is 12.0. The molecule has 2 heterocycles. The summed E-state index contributed by atoms with van der Waals surface area (Å²) in [5.41, 5.74) is 1.01. The van der Waals surface area contributed by atoms with Crippen LogP contribution in [-0.4, -0.2) is 67.0 Å². The molecule has 0 bridgehead atoms. The third-order valence-electron chi connectivity index (χ3n) is 4.14. The molecule has 0 spiro atoms. The van der Waals surface area contributed by atoms with Crippen LogP contribution < -0.4 is 0 Å². The molecule has 0 saturated carbocycles. The summed E-state index contributed by atoms with van der Waals surface area (Å²) < 4.78 is 16.4. The molecule has 2 N–H and O–H groups in total. The van der Waals surface area contributed by atoms with E-state index in [0.717, 1.165) is 18.4 Å². The van der Waals surface area contributed by atoms with Gasteiger partial charge < -0.3 is 29.3 Å². The number of rotatable bonds is 4. The Balaban J connectivity index is 0.000000511. The number of aliphatic hydroxyl groups is 2. The standard InChI is InChI=1S/C16H21NO4.C2H6O2/c18-16(21-12-13-4-2-1-3-5-13)17-8-6-14(7-9-17)15-19-10-11-20-15;3-1-2-4/h1-5,14-15H,6-12H2;3-4H,1-2H2. The number of ether oxygens (including phenoxy) is 3. The zero-order valence-corrected chi connectivity index (χ0v) is 14.4. The van der Waals surface area contributed by atoms with E-state index in [-0.39, 0.29) is 25.6 Å². The van der Waals surface area contributed by atoms with Crippen LogP contribution in [0.1, 0.15) is 18.4 Å². The highest BCUT2D eigenvalue weighted by atomic mass is 16.7. The number of carbonyl (C=O) groups excluding carboxylic acids is 1. The van der Waals surface area contributed by atoms with Crippen molar-refractivity contribution in [3.63, 3.8) is 0 Å². The van der Waals surface area contributed by atoms with Crippen molar-refractivity contribution in [2.24, 2.45) is 5.92 Å². The van der Waals surface area contributed by atoms with Gasteiger partial charge in [-0.25, -0.2) is 4.79 Å². The van der Waals surface area contributed by atoms with Crippen LogP contribution >= 0.6 is 0 Å². The molecule has 140 valence electrons. The smallest absolute Gasteiger partial charge is 0.410 e. The highest BCUT2D eigenvalue weighted by Gasteiger charge is 2.32. The normalized spacial score (nSPS) is 18.6. The van der Waals surface area contributed by atoms with Gasteiger partial charge in [-0.05, 0) is 18.4 Å². The average molecular weight is 353 g/mol. The summed E-state index contributed by atoms with van der Waals surface area (Å²) in [6, 6.07) is 9.73. The zero-order chi connectivity index (χ0) is 17.9. The molecular weight excluding hydrogens is 326 g/mol. The second kappa shape index (κ2) is 11.0. The van der Waals surface area contributed by atoms with Gasteiger partial charge in [0.15, 0.2) is 6.29 Å². The Morgan fingerprint density at radius 2 is 1.68 bits per heavy atom. The van der Waals surface area contributed by atoms with Gasteiger partial charge in [-0.2, -0.15) is 0 Å². The van der Waals surface area contributed by atoms with Crippen LogP contribution in [0.25, 0.3) is 0 Å². The van der Waals surface area contributed by atoms with Gasteiger partial charge in [-0.1, -0.05) is 30.3 Å². The van der Waals surface area contributed by atoms with E-state index in [1.807, 2.05) is 30.3 Å². The number of likely N-dealkylation sites (tertiary alicyclic amines) is 1. The number of hydrogen-bond acceptors (Lipinski definition) is 6. The van der Waals surface area contributed by atoms with Crippen LogP contribution in [0, 0.1) is 5.92 Å². The van der Waals surface area contributed by atoms with E-state index in [1.54, 1.807) is 4.90 Å². The number of carbonyl (C=O) groups is 1. The molecule has 0 aliphatic carbocycles. The molecular formula is C18H27NO6. The summed E-state index contributed by atoms with van der Waals surface area (Å²) in [6.07, 6.45) is 1.51. The first-order chi connectivity index (χ1) is 12.2. The topological polar surface area (TPSA) is 88.5 Å². The zero-order valence-electron chi connectivity index (χ0n) is 14.4. The Morgan fingerprint density at radius 3 is 2.24 bits per heavy atom. The van der Waals surface area contributed by atoms with Crippen LogP contribution in [0.2, 0.25) is 0 Å². The molecule has 1 amide bonds. The first-order valence-corrected chi connectivity index (χ1v) is 8.65. The number of piperidine rings is 1. The summed E-state index contributed by atoms with van der Waals surface area (Å²) in [4.78, 5) is 13.8. The van der Waals surface area contributed by atoms with Crippen molar-refractivity contribution in [1.29, 1.82) is 0 Å². The summed E-state index contributed by atoms with van der Waals surface area (Å²) in [5, 5.41) is 15.2. The number of amides is 1. The second-order valence-corrected chi connectivity index (χ2v) is 5.92. The first-order valence-electron chi connectivity index (χ1n) is 8.65. The van der Waals surface area contributed by atoms with Crippen molar-refractivity contribution in [1.82, 2.24) is 4.90 Å². The van der Waals surface area contributed by atoms with Crippen LogP contribution in [0.5, 0.6) is 0 Å². The molecule has 2 aliphatic rings. The molecule has 2 fully saturated rings. The van der Waals surface area contributed by atoms with Crippen LogP contribution in [-0.2, 0) is 20.8 Å². The second-order valence-electron chi connectivity index (χ2n) is 5.92. The first kappa shape index (κ1) is 19.7. The van der Waals surface area contributed by atoms with Gasteiger partial charge in [-0.3, -0.25) is 0 Å². The third kappa shape index (κ3) is 6.62. The van der Waals surface area contributed by atoms with Gasteiger partial charge in [0, 0.05) is 19.0 Å². The number of hydrogen-bond donors (Lipinski definition) is 2. The van der Waals surface area contributed by atoms with E-state index in [1.165, 1.54) is 0 Å². The van der Waals surface area contributed by atoms with E-state index in [2.05, 4.69) is 0 Å². The molecule has 7 nitrogen and oxygen atoms in total. The van der Waals surface area contributed by atoms with Crippen molar-refractivity contribution < 1.29 is 29.2 Å². The predicted octanol–water partition coefficient (Wildman–Crippen LogP) is 1.38. The molecule has 3 rings (SSSR count). The molecule has 25 heavy (non-hydrogen) atoms. The molecule has 1 aromatic rings. The molecule has 0 unspecified atom stereocenters. The Labute approximate surface area is 148 Å². The lowest BCUT2D eigenvalue weighted by Gasteiger charge is -2.33. The molecule has 0 atom stereocenters. The molecule has 2 saturated heterocycles. The van der Waals surface area contributed by atoms with Crippen LogP contribution in [0.4, 0.5) is 4.79 Å². The van der Waals surface area contributed by atoms with Crippen molar-refractivity contribution in [3.05, 3.63) is 35.9 Å². The minimum Gasteiger partial charge on any atom is -0.445 e. The Bertz CT molecular complexity index is 482. The van der Waals surface area contributed by atoms with Gasteiger partial charge in [-0.15, -0.1) is 0 Å². The van der Waals surface area contributed by atoms with Gasteiger partial charge >= 0.3 is 6.09 Å². The van der Waals surface area contributed by atoms with E-state index >= 15 is 0 Å². The van der Waals surface area contributed by atoms with Crippen LogP contribution in [0.3, 0.4) is 0 Å². The van der Waals surface area contributed by atoms with Crippen molar-refractivity contribution in [2.45, 2.75) is 25.7 Å². The number of nitrogens with zero attached hydrogens (tertiary/aromatic N) is 1. The average Bonchev–Trinajstić information content (AvgIpc) is 3.22. The monoisotopic (exact) mass is 353 g/mol. The maximum atomic E-state index is 12.0. The largest absolute Gasteiger partial charge is 0.445 e. The fourth-order valence-corrected chi connectivity index (χ4v) is 2.81. The fourth-order valence-electron chi connectivity index (χ4n) is 2.81. The quantitative estimate of drug-likeness (QED) is 0.850. The van der Waals surface area contributed by atoms with Gasteiger partial charge in [0.2, 0.25) is 0 Å². The van der Waals surface area contributed by atoms with Gasteiger partial charge in [0.25, 0.3) is 0 Å². The minimum absolute atomic E-state index is 0.0764. The van der Waals surface area contributed by atoms with E-state index in [0.29, 0.717) is 38.8 Å². The van der Waals surface area contributed by atoms with Crippen molar-refractivity contribution >= 4 is 6.09 Å². The minimum atomic E-state index is -0.231. The predicted molar refractivity (Wildman–Crippen MR) is 90.8 cm³/mol. The summed E-state index contributed by atoms with van der Waals surface area (Å²) in [6.45, 7) is 2.87. The third-order valence-corrected chi connectivity index (χ3v) is 4.14. The maximum Gasteiger partial charge on any atom is 0.410 e. The van der Waals surface area contributed by atoms with Gasteiger partial charge in [0.1, 0.15) is 6.61 Å². The molecule has 0 aromatic heterocycles. The summed E-state index contributed by atoms with van der Waals surface area (Å²) in [7, 11) is 0. The van der Waals surface area contributed by atoms with Crippen molar-refractivity contribution in [3.8, 4) is 0 Å². The lowest BCUT2D eigenvalue weighted by atomic mass is 9.96. The van der Waals surface area contributed by atoms with Crippen LogP contribution in [0.15, 0.2) is 30.3 Å². The fraction of sp³-hybridized carbons (Fsp3) is 0.611. The van der Waals surface area contributed by atoms with E-state index in [4.69, 9.17) is 24.4 Å². The molecule has 2 aliphatic heterocycles. The number of benzene rings is 1. The lowest BCUT2D eigenvalue weighted by Crippen LogP contribution is -2.41. The molecule has 1 aromatic carbocycles. The van der Waals surface area contributed by atoms with E-state index < -0.39 is 0 Å². The van der Waals surface area contributed by atoms with Gasteiger partial charge in [0.05, 0.1) is 26.4 Å². The number of aliphatic hydroxyl groups excluding tert-OH is 2. The Kier molecular flexibility index (Phi) is 8.68. The summed E-state index contributed by atoms with van der Waals surface area (Å²) >= 11 is 0. The SMILES string of the molecule is O=C(OCc1ccccc1)N1CCC(C2OCCO2)CC1.OCCO. The highest BCUT2D eigenvalue weighted by Crippen LogP contribution is 2.26. The van der Waals surface area contributed by atoms with Crippen molar-refractivity contribution in [2.75, 3.05) is 39.5 Å².